The molecule has 0 amide bonds. The minimum Gasteiger partial charge on any atom is -0.490 e. The van der Waals surface area contributed by atoms with Gasteiger partial charge in [0.05, 0.1) is 25.0 Å². The second kappa shape index (κ2) is 7.68. The molecule has 6 heteroatoms. The third-order valence-electron chi connectivity index (χ3n) is 5.20. The van der Waals surface area contributed by atoms with Crippen LogP contribution in [0.25, 0.3) is 11.3 Å². The summed E-state index contributed by atoms with van der Waals surface area (Å²) in [5.41, 5.74) is 3.20. The lowest BCUT2D eigenvalue weighted by Gasteiger charge is -2.26. The van der Waals surface area contributed by atoms with Crippen LogP contribution in [0.3, 0.4) is 0 Å². The molecule has 2 heterocycles. The summed E-state index contributed by atoms with van der Waals surface area (Å²) in [4.78, 5) is 0. The molecule has 2 aromatic rings. The average Bonchev–Trinajstić information content (AvgIpc) is 2.87. The molecule has 0 saturated heterocycles. The zero-order chi connectivity index (χ0) is 17.9. The van der Waals surface area contributed by atoms with E-state index in [0.717, 1.165) is 61.4 Å². The lowest BCUT2D eigenvalue weighted by molar-refractivity contribution is 0.116. The number of nitrogens with one attached hydrogen (secondary N) is 1. The van der Waals surface area contributed by atoms with E-state index in [0.29, 0.717) is 19.3 Å². The Morgan fingerprint density at radius 1 is 1.15 bits per heavy atom. The summed E-state index contributed by atoms with van der Waals surface area (Å²) in [5, 5.41) is 18.0. The summed E-state index contributed by atoms with van der Waals surface area (Å²) in [6, 6.07) is 6.53. The maximum Gasteiger partial charge on any atom is 0.161 e. The summed E-state index contributed by atoms with van der Waals surface area (Å²) in [7, 11) is 1.95. The molecule has 1 aromatic carbocycles. The highest BCUT2D eigenvalue weighted by Gasteiger charge is 2.20. The summed E-state index contributed by atoms with van der Waals surface area (Å²) < 4.78 is 13.4. The second-order valence-electron chi connectivity index (χ2n) is 7.27. The van der Waals surface area contributed by atoms with Crippen molar-refractivity contribution in [3.8, 4) is 22.8 Å². The molecule has 0 unspecified atom stereocenters. The fraction of sp³-hybridized carbons (Fsp3) is 0.550. The smallest absolute Gasteiger partial charge is 0.161 e. The topological polar surface area (TPSA) is 68.5 Å². The van der Waals surface area contributed by atoms with Gasteiger partial charge >= 0.3 is 0 Å². The molecule has 140 valence electrons. The third-order valence-corrected chi connectivity index (χ3v) is 5.20. The molecular formula is C20H27N3O3. The van der Waals surface area contributed by atoms with Gasteiger partial charge in [-0.25, -0.2) is 0 Å². The van der Waals surface area contributed by atoms with Crippen LogP contribution in [-0.4, -0.2) is 40.2 Å². The van der Waals surface area contributed by atoms with Gasteiger partial charge < -0.3 is 19.9 Å². The summed E-state index contributed by atoms with van der Waals surface area (Å²) in [5.74, 6) is 1.61. The number of fused-ring (bicyclic) bond motifs is 1. The van der Waals surface area contributed by atoms with E-state index in [-0.39, 0.29) is 6.10 Å². The van der Waals surface area contributed by atoms with Crippen molar-refractivity contribution >= 4 is 0 Å². The van der Waals surface area contributed by atoms with Crippen molar-refractivity contribution in [2.75, 3.05) is 13.2 Å². The molecule has 1 aliphatic carbocycles. The van der Waals surface area contributed by atoms with E-state index in [1.165, 1.54) is 5.56 Å². The number of aryl methyl sites for hydroxylation is 1. The molecule has 1 saturated carbocycles. The number of aromatic nitrogens is 2. The number of benzene rings is 1. The number of hydrogen-bond donors (Lipinski definition) is 2. The van der Waals surface area contributed by atoms with E-state index < -0.39 is 0 Å². The van der Waals surface area contributed by atoms with Gasteiger partial charge in [-0.05, 0) is 43.9 Å². The van der Waals surface area contributed by atoms with Crippen LogP contribution in [0.4, 0.5) is 0 Å². The predicted octanol–water partition coefficient (Wildman–Crippen LogP) is 2.64. The molecule has 1 fully saturated rings. The maximum absolute atomic E-state index is 9.66. The van der Waals surface area contributed by atoms with Crippen LogP contribution >= 0.6 is 0 Å². The lowest BCUT2D eigenvalue weighted by atomic mass is 9.93. The Morgan fingerprint density at radius 2 is 1.92 bits per heavy atom. The Kier molecular flexibility index (Phi) is 5.13. The van der Waals surface area contributed by atoms with Gasteiger partial charge in [0.2, 0.25) is 0 Å². The Labute approximate surface area is 154 Å². The SMILES string of the molecule is Cn1cc(CNC2CCC(O)CC2)c(-c2ccc3c(c2)OCCCO3)n1. The maximum atomic E-state index is 9.66. The molecular weight excluding hydrogens is 330 g/mol. The summed E-state index contributed by atoms with van der Waals surface area (Å²) in [6.45, 7) is 2.15. The van der Waals surface area contributed by atoms with Gasteiger partial charge in [-0.15, -0.1) is 0 Å². The van der Waals surface area contributed by atoms with E-state index in [2.05, 4.69) is 22.7 Å². The van der Waals surface area contributed by atoms with Crippen molar-refractivity contribution in [1.82, 2.24) is 15.1 Å². The highest BCUT2D eigenvalue weighted by atomic mass is 16.5. The number of aliphatic hydroxyl groups excluding tert-OH is 1. The predicted molar refractivity (Wildman–Crippen MR) is 99.4 cm³/mol. The Balaban J connectivity index is 1.51. The lowest BCUT2D eigenvalue weighted by Crippen LogP contribution is -2.34. The molecule has 4 rings (SSSR count). The first-order valence-electron chi connectivity index (χ1n) is 9.53. The summed E-state index contributed by atoms with van der Waals surface area (Å²) >= 11 is 0. The van der Waals surface area contributed by atoms with E-state index in [1.807, 2.05) is 23.9 Å². The third kappa shape index (κ3) is 3.86. The van der Waals surface area contributed by atoms with Gasteiger partial charge in [0, 0.05) is 43.4 Å². The number of aliphatic hydroxyl groups is 1. The van der Waals surface area contributed by atoms with Crippen LogP contribution in [0, 0.1) is 0 Å². The number of nitrogens with zero attached hydrogens (tertiary/aromatic N) is 2. The van der Waals surface area contributed by atoms with Crippen molar-refractivity contribution < 1.29 is 14.6 Å². The van der Waals surface area contributed by atoms with E-state index in [1.54, 1.807) is 0 Å². The second-order valence-corrected chi connectivity index (χ2v) is 7.27. The molecule has 2 aliphatic rings. The van der Waals surface area contributed by atoms with E-state index in [4.69, 9.17) is 9.47 Å². The molecule has 0 spiro atoms. The van der Waals surface area contributed by atoms with Crippen molar-refractivity contribution in [3.05, 3.63) is 30.0 Å². The van der Waals surface area contributed by atoms with E-state index in [9.17, 15) is 5.11 Å². The van der Waals surface area contributed by atoms with Crippen LogP contribution in [-0.2, 0) is 13.6 Å². The van der Waals surface area contributed by atoms with Crippen molar-refractivity contribution in [2.24, 2.45) is 7.05 Å². The number of rotatable bonds is 4. The van der Waals surface area contributed by atoms with Crippen molar-refractivity contribution in [2.45, 2.75) is 50.8 Å². The molecule has 0 bridgehead atoms. The quantitative estimate of drug-likeness (QED) is 0.880. The molecule has 6 nitrogen and oxygen atoms in total. The van der Waals surface area contributed by atoms with Gasteiger partial charge in [0.1, 0.15) is 0 Å². The minimum absolute atomic E-state index is 0.121. The first kappa shape index (κ1) is 17.4. The standard InChI is InChI=1S/C20H27N3O3/c1-23-13-15(12-21-16-4-6-17(24)7-5-16)20(22-23)14-3-8-18-19(11-14)26-10-2-9-25-18/h3,8,11,13,16-17,21,24H,2,4-7,9-10,12H2,1H3. The van der Waals surface area contributed by atoms with E-state index >= 15 is 0 Å². The van der Waals surface area contributed by atoms with Crippen LogP contribution in [0.2, 0.25) is 0 Å². The van der Waals surface area contributed by atoms with Crippen LogP contribution < -0.4 is 14.8 Å². The van der Waals surface area contributed by atoms with Crippen molar-refractivity contribution in [3.63, 3.8) is 0 Å². The average molecular weight is 357 g/mol. The van der Waals surface area contributed by atoms with Crippen LogP contribution in [0.15, 0.2) is 24.4 Å². The van der Waals surface area contributed by atoms with Crippen LogP contribution in [0.5, 0.6) is 11.5 Å². The molecule has 0 atom stereocenters. The highest BCUT2D eigenvalue weighted by molar-refractivity contribution is 5.66. The Hall–Kier alpha value is -2.05. The highest BCUT2D eigenvalue weighted by Crippen LogP contribution is 2.34. The first-order valence-corrected chi connectivity index (χ1v) is 9.53. The van der Waals surface area contributed by atoms with Gasteiger partial charge in [-0.2, -0.15) is 5.10 Å². The summed E-state index contributed by atoms with van der Waals surface area (Å²) in [6.07, 6.45) is 6.69. The zero-order valence-corrected chi connectivity index (χ0v) is 15.3. The van der Waals surface area contributed by atoms with Gasteiger partial charge in [0.25, 0.3) is 0 Å². The molecule has 2 N–H and O–H groups in total. The molecule has 1 aliphatic heterocycles. The fourth-order valence-electron chi connectivity index (χ4n) is 3.75. The first-order chi connectivity index (χ1) is 12.7. The zero-order valence-electron chi connectivity index (χ0n) is 15.3. The van der Waals surface area contributed by atoms with Crippen LogP contribution in [0.1, 0.15) is 37.7 Å². The van der Waals surface area contributed by atoms with Gasteiger partial charge in [0.15, 0.2) is 11.5 Å². The number of hydrogen-bond acceptors (Lipinski definition) is 5. The normalized spacial score (nSPS) is 22.8. The molecule has 0 radical (unpaired) electrons. The van der Waals surface area contributed by atoms with Gasteiger partial charge in [-0.1, -0.05) is 0 Å². The molecule has 26 heavy (non-hydrogen) atoms. The monoisotopic (exact) mass is 357 g/mol. The number of ether oxygens (including phenoxy) is 2. The Morgan fingerprint density at radius 3 is 2.73 bits per heavy atom. The van der Waals surface area contributed by atoms with Crippen molar-refractivity contribution in [1.29, 1.82) is 0 Å². The largest absolute Gasteiger partial charge is 0.490 e. The van der Waals surface area contributed by atoms with Gasteiger partial charge in [-0.3, -0.25) is 4.68 Å². The minimum atomic E-state index is -0.121. The Bertz CT molecular complexity index is 751. The fourth-order valence-corrected chi connectivity index (χ4v) is 3.75. The molecule has 1 aromatic heterocycles.